The zero-order valence-electron chi connectivity index (χ0n) is 16.3. The minimum absolute atomic E-state index is 0.0301. The summed E-state index contributed by atoms with van der Waals surface area (Å²) in [6, 6.07) is 6.10. The molecule has 28 heavy (non-hydrogen) atoms. The summed E-state index contributed by atoms with van der Waals surface area (Å²) in [4.78, 5) is 30.7. The van der Waals surface area contributed by atoms with Crippen molar-refractivity contribution in [1.29, 1.82) is 0 Å². The van der Waals surface area contributed by atoms with E-state index in [2.05, 4.69) is 10.3 Å². The van der Waals surface area contributed by atoms with Crippen LogP contribution in [-0.2, 0) is 22.6 Å². The number of thiazole rings is 1. The molecule has 1 saturated heterocycles. The molecule has 1 aliphatic rings. The number of piperidine rings is 1. The number of carbonyl (C=O) groups excluding carboxylic acids is 2. The number of benzene rings is 1. The fourth-order valence-electron chi connectivity index (χ4n) is 3.24. The smallest absolute Gasteiger partial charge is 0.226 e. The molecule has 1 aliphatic heterocycles. The number of aromatic nitrogens is 1. The Balaban J connectivity index is 1.48. The summed E-state index contributed by atoms with van der Waals surface area (Å²) in [5, 5.41) is 5.98. The number of hydrogen-bond acceptors (Lipinski definition) is 4. The Hall–Kier alpha value is -2.28. The van der Waals surface area contributed by atoms with Crippen LogP contribution in [0.25, 0.3) is 0 Å². The van der Waals surface area contributed by atoms with Gasteiger partial charge >= 0.3 is 0 Å². The van der Waals surface area contributed by atoms with Crippen LogP contribution in [0.15, 0.2) is 29.6 Å². The molecule has 0 unspecified atom stereocenters. The molecular formula is C21H26FN3O2S. The quantitative estimate of drug-likeness (QED) is 0.803. The molecule has 2 aromatic rings. The SMILES string of the molecule is CC(C)C(=O)NCc1csc(C2CCN(C(=O)Cc3ccc(F)cc3)CC2)n1. The van der Waals surface area contributed by atoms with Crippen molar-refractivity contribution >= 4 is 23.2 Å². The lowest BCUT2D eigenvalue weighted by atomic mass is 9.97. The van der Waals surface area contributed by atoms with E-state index in [1.807, 2.05) is 24.1 Å². The first kappa shape index (κ1) is 20.5. The molecule has 0 aliphatic carbocycles. The van der Waals surface area contributed by atoms with Crippen molar-refractivity contribution < 1.29 is 14.0 Å². The summed E-state index contributed by atoms with van der Waals surface area (Å²) in [5.41, 5.74) is 1.73. The molecule has 150 valence electrons. The highest BCUT2D eigenvalue weighted by atomic mass is 32.1. The van der Waals surface area contributed by atoms with Gasteiger partial charge in [0.1, 0.15) is 5.82 Å². The molecule has 1 fully saturated rings. The minimum atomic E-state index is -0.288. The molecular weight excluding hydrogens is 377 g/mol. The second-order valence-electron chi connectivity index (χ2n) is 7.51. The van der Waals surface area contributed by atoms with E-state index in [0.29, 0.717) is 32.0 Å². The predicted molar refractivity (Wildman–Crippen MR) is 107 cm³/mol. The van der Waals surface area contributed by atoms with E-state index in [4.69, 9.17) is 0 Å². The summed E-state index contributed by atoms with van der Waals surface area (Å²) < 4.78 is 13.0. The zero-order chi connectivity index (χ0) is 20.1. The van der Waals surface area contributed by atoms with E-state index in [1.54, 1.807) is 23.5 Å². The molecule has 3 rings (SSSR count). The van der Waals surface area contributed by atoms with Gasteiger partial charge in [0.25, 0.3) is 0 Å². The van der Waals surface area contributed by atoms with Gasteiger partial charge in [0, 0.05) is 30.3 Å². The summed E-state index contributed by atoms with van der Waals surface area (Å²) in [5.74, 6) is 0.150. The van der Waals surface area contributed by atoms with Crippen molar-refractivity contribution in [2.24, 2.45) is 5.92 Å². The molecule has 0 spiro atoms. The number of nitrogens with one attached hydrogen (secondary N) is 1. The Morgan fingerprint density at radius 3 is 2.57 bits per heavy atom. The van der Waals surface area contributed by atoms with Gasteiger partial charge in [0.05, 0.1) is 23.7 Å². The Labute approximate surface area is 169 Å². The maximum atomic E-state index is 13.0. The fraction of sp³-hybridized carbons (Fsp3) is 0.476. The van der Waals surface area contributed by atoms with E-state index in [1.165, 1.54) is 12.1 Å². The standard InChI is InChI=1S/C21H26FN3O2S/c1-14(2)20(27)23-12-18-13-28-21(24-18)16-7-9-25(10-8-16)19(26)11-15-3-5-17(22)6-4-15/h3-6,13-14,16H,7-12H2,1-2H3,(H,23,27). The third-order valence-corrected chi connectivity index (χ3v) is 6.06. The van der Waals surface area contributed by atoms with Crippen molar-refractivity contribution in [3.8, 4) is 0 Å². The summed E-state index contributed by atoms with van der Waals surface area (Å²) >= 11 is 1.63. The highest BCUT2D eigenvalue weighted by Crippen LogP contribution is 2.30. The van der Waals surface area contributed by atoms with Crippen LogP contribution < -0.4 is 5.32 Å². The van der Waals surface area contributed by atoms with Gasteiger partial charge < -0.3 is 10.2 Å². The number of halogens is 1. The number of carbonyl (C=O) groups is 2. The third-order valence-electron chi connectivity index (χ3n) is 5.00. The average Bonchev–Trinajstić information content (AvgIpc) is 3.17. The maximum absolute atomic E-state index is 13.0. The molecule has 7 heteroatoms. The first-order chi connectivity index (χ1) is 13.4. The van der Waals surface area contributed by atoms with E-state index in [0.717, 1.165) is 29.1 Å². The molecule has 1 aromatic heterocycles. The van der Waals surface area contributed by atoms with Gasteiger partial charge in [-0.15, -0.1) is 11.3 Å². The Morgan fingerprint density at radius 2 is 1.93 bits per heavy atom. The van der Waals surface area contributed by atoms with Crippen LogP contribution in [0.1, 0.15) is 48.9 Å². The van der Waals surface area contributed by atoms with Crippen LogP contribution in [0, 0.1) is 11.7 Å². The van der Waals surface area contributed by atoms with Crippen molar-refractivity contribution in [1.82, 2.24) is 15.2 Å². The summed E-state index contributed by atoms with van der Waals surface area (Å²) in [7, 11) is 0. The normalized spacial score (nSPS) is 15.1. The van der Waals surface area contributed by atoms with E-state index in [-0.39, 0.29) is 23.5 Å². The van der Waals surface area contributed by atoms with Gasteiger partial charge in [0.2, 0.25) is 11.8 Å². The Bertz CT molecular complexity index is 811. The number of amides is 2. The van der Waals surface area contributed by atoms with Gasteiger partial charge in [-0.25, -0.2) is 9.37 Å². The lowest BCUT2D eigenvalue weighted by Crippen LogP contribution is -2.38. The second kappa shape index (κ2) is 9.28. The second-order valence-corrected chi connectivity index (χ2v) is 8.40. The van der Waals surface area contributed by atoms with Crippen LogP contribution in [-0.4, -0.2) is 34.8 Å². The molecule has 0 atom stereocenters. The van der Waals surface area contributed by atoms with Crippen LogP contribution in [0.2, 0.25) is 0 Å². The third kappa shape index (κ3) is 5.38. The molecule has 0 radical (unpaired) electrons. The van der Waals surface area contributed by atoms with Gasteiger partial charge in [-0.1, -0.05) is 26.0 Å². The lowest BCUT2D eigenvalue weighted by Gasteiger charge is -2.31. The average molecular weight is 404 g/mol. The van der Waals surface area contributed by atoms with Crippen molar-refractivity contribution in [2.75, 3.05) is 13.1 Å². The molecule has 0 saturated carbocycles. The number of nitrogens with zero attached hydrogens (tertiary/aromatic N) is 2. The number of rotatable bonds is 6. The minimum Gasteiger partial charge on any atom is -0.350 e. The first-order valence-corrected chi connectivity index (χ1v) is 10.5. The van der Waals surface area contributed by atoms with Crippen molar-refractivity contribution in [2.45, 2.75) is 45.6 Å². The maximum Gasteiger partial charge on any atom is 0.226 e. The van der Waals surface area contributed by atoms with E-state index in [9.17, 15) is 14.0 Å². The predicted octanol–water partition coefficient (Wildman–Crippen LogP) is 3.50. The topological polar surface area (TPSA) is 62.3 Å². The molecule has 1 N–H and O–H groups in total. The van der Waals surface area contributed by atoms with Gasteiger partial charge in [-0.3, -0.25) is 9.59 Å². The van der Waals surface area contributed by atoms with Crippen LogP contribution in [0.3, 0.4) is 0 Å². The van der Waals surface area contributed by atoms with Gasteiger partial charge in [-0.2, -0.15) is 0 Å². The molecule has 2 heterocycles. The highest BCUT2D eigenvalue weighted by Gasteiger charge is 2.25. The highest BCUT2D eigenvalue weighted by molar-refractivity contribution is 7.09. The molecule has 1 aromatic carbocycles. The first-order valence-electron chi connectivity index (χ1n) is 9.66. The van der Waals surface area contributed by atoms with Crippen LogP contribution in [0.5, 0.6) is 0 Å². The summed E-state index contributed by atoms with van der Waals surface area (Å²) in [6.45, 7) is 5.62. The largest absolute Gasteiger partial charge is 0.350 e. The van der Waals surface area contributed by atoms with Gasteiger partial charge in [0.15, 0.2) is 0 Å². The Kier molecular flexibility index (Phi) is 6.78. The van der Waals surface area contributed by atoms with E-state index >= 15 is 0 Å². The lowest BCUT2D eigenvalue weighted by molar-refractivity contribution is -0.131. The molecule has 0 bridgehead atoms. The zero-order valence-corrected chi connectivity index (χ0v) is 17.1. The van der Waals surface area contributed by atoms with Crippen LogP contribution >= 0.6 is 11.3 Å². The Morgan fingerprint density at radius 1 is 1.25 bits per heavy atom. The molecule has 5 nitrogen and oxygen atoms in total. The summed E-state index contributed by atoms with van der Waals surface area (Å²) in [6.07, 6.45) is 2.09. The number of likely N-dealkylation sites (tertiary alicyclic amines) is 1. The van der Waals surface area contributed by atoms with E-state index < -0.39 is 0 Å². The monoisotopic (exact) mass is 403 g/mol. The van der Waals surface area contributed by atoms with Crippen molar-refractivity contribution in [3.05, 3.63) is 51.7 Å². The number of hydrogen-bond donors (Lipinski definition) is 1. The van der Waals surface area contributed by atoms with Crippen LogP contribution in [0.4, 0.5) is 4.39 Å². The van der Waals surface area contributed by atoms with Crippen molar-refractivity contribution in [3.63, 3.8) is 0 Å². The molecule has 2 amide bonds. The fourth-order valence-corrected chi connectivity index (χ4v) is 4.23. The van der Waals surface area contributed by atoms with Gasteiger partial charge in [-0.05, 0) is 30.5 Å².